The van der Waals surface area contributed by atoms with Crippen molar-refractivity contribution < 1.29 is 8.42 Å². The van der Waals surface area contributed by atoms with Crippen molar-refractivity contribution in [2.75, 3.05) is 6.26 Å². The Hall–Kier alpha value is -0.560. The normalized spacial score (nSPS) is 32.2. The molecule has 0 heterocycles. The molecule has 3 atom stereocenters. The van der Waals surface area contributed by atoms with Crippen molar-refractivity contribution in [3.8, 4) is 6.07 Å². The summed E-state index contributed by atoms with van der Waals surface area (Å²) in [4.78, 5) is 0. The van der Waals surface area contributed by atoms with Crippen LogP contribution in [0.15, 0.2) is 0 Å². The zero-order valence-electron chi connectivity index (χ0n) is 9.44. The van der Waals surface area contributed by atoms with E-state index in [1.165, 1.54) is 6.26 Å². The number of nitriles is 1. The van der Waals surface area contributed by atoms with Crippen LogP contribution in [-0.2, 0) is 9.84 Å². The fraction of sp³-hybridized carbons (Fsp3) is 0.909. The lowest BCUT2D eigenvalue weighted by Gasteiger charge is -2.31. The van der Waals surface area contributed by atoms with Crippen LogP contribution in [0.4, 0.5) is 0 Å². The van der Waals surface area contributed by atoms with Gasteiger partial charge in [-0.15, -0.1) is 0 Å². The largest absolute Gasteiger partial charge is 0.229 e. The van der Waals surface area contributed by atoms with Crippen molar-refractivity contribution >= 4 is 9.84 Å². The highest BCUT2D eigenvalue weighted by molar-refractivity contribution is 7.91. The maximum Gasteiger partial charge on any atom is 0.151 e. The van der Waals surface area contributed by atoms with Gasteiger partial charge in [0, 0.05) is 6.26 Å². The second kappa shape index (κ2) is 4.98. The topological polar surface area (TPSA) is 57.9 Å². The van der Waals surface area contributed by atoms with Crippen molar-refractivity contribution in [1.29, 1.82) is 5.26 Å². The van der Waals surface area contributed by atoms with Gasteiger partial charge in [-0.05, 0) is 25.2 Å². The first-order chi connectivity index (χ1) is 6.99. The smallest absolute Gasteiger partial charge is 0.151 e. The SMILES string of the molecule is CCCC1CCC(C#N)C(S(C)(=O)=O)C1. The van der Waals surface area contributed by atoms with Crippen LogP contribution in [0.2, 0.25) is 0 Å². The number of hydrogen-bond acceptors (Lipinski definition) is 3. The van der Waals surface area contributed by atoms with Gasteiger partial charge in [-0.1, -0.05) is 19.8 Å². The molecule has 0 aromatic rings. The Morgan fingerprint density at radius 1 is 1.40 bits per heavy atom. The molecule has 0 spiro atoms. The minimum absolute atomic E-state index is 0.284. The average molecular weight is 229 g/mol. The second-order valence-electron chi connectivity index (χ2n) is 4.57. The van der Waals surface area contributed by atoms with Crippen molar-refractivity contribution in [1.82, 2.24) is 0 Å². The van der Waals surface area contributed by atoms with Crippen molar-refractivity contribution in [2.45, 2.75) is 44.3 Å². The van der Waals surface area contributed by atoms with Crippen molar-refractivity contribution in [3.05, 3.63) is 0 Å². The third-order valence-corrected chi connectivity index (χ3v) is 4.93. The molecule has 4 heteroatoms. The highest BCUT2D eigenvalue weighted by Crippen LogP contribution is 2.34. The maximum atomic E-state index is 11.6. The van der Waals surface area contributed by atoms with Gasteiger partial charge in [0.25, 0.3) is 0 Å². The third-order valence-electron chi connectivity index (χ3n) is 3.31. The summed E-state index contributed by atoms with van der Waals surface area (Å²) in [7, 11) is -3.06. The number of nitrogens with zero attached hydrogens (tertiary/aromatic N) is 1. The van der Waals surface area contributed by atoms with Crippen LogP contribution in [-0.4, -0.2) is 19.9 Å². The van der Waals surface area contributed by atoms with Crippen molar-refractivity contribution in [3.63, 3.8) is 0 Å². The van der Waals surface area contributed by atoms with Gasteiger partial charge in [0.15, 0.2) is 9.84 Å². The van der Waals surface area contributed by atoms with Crippen molar-refractivity contribution in [2.24, 2.45) is 11.8 Å². The molecular weight excluding hydrogens is 210 g/mol. The molecule has 0 N–H and O–H groups in total. The van der Waals surface area contributed by atoms with E-state index >= 15 is 0 Å². The van der Waals surface area contributed by atoms with E-state index in [0.717, 1.165) is 25.7 Å². The fourth-order valence-electron chi connectivity index (χ4n) is 2.50. The number of rotatable bonds is 3. The molecule has 0 aliphatic heterocycles. The van der Waals surface area contributed by atoms with Gasteiger partial charge in [-0.2, -0.15) is 5.26 Å². The van der Waals surface area contributed by atoms with Gasteiger partial charge >= 0.3 is 0 Å². The van der Waals surface area contributed by atoms with Gasteiger partial charge < -0.3 is 0 Å². The van der Waals surface area contributed by atoms with E-state index < -0.39 is 15.1 Å². The van der Waals surface area contributed by atoms with E-state index in [2.05, 4.69) is 13.0 Å². The molecule has 15 heavy (non-hydrogen) atoms. The highest BCUT2D eigenvalue weighted by Gasteiger charge is 2.36. The van der Waals surface area contributed by atoms with E-state index in [9.17, 15) is 8.42 Å². The standard InChI is InChI=1S/C11H19NO2S/c1-3-4-9-5-6-10(8-12)11(7-9)15(2,13)14/h9-11H,3-7H2,1-2H3. The summed E-state index contributed by atoms with van der Waals surface area (Å²) in [6.07, 6.45) is 5.89. The summed E-state index contributed by atoms with van der Waals surface area (Å²) in [6.45, 7) is 2.12. The Balaban J connectivity index is 2.76. The summed E-state index contributed by atoms with van der Waals surface area (Å²) >= 11 is 0. The molecule has 1 aliphatic carbocycles. The van der Waals surface area contributed by atoms with E-state index in [0.29, 0.717) is 12.3 Å². The van der Waals surface area contributed by atoms with E-state index in [1.54, 1.807) is 0 Å². The second-order valence-corrected chi connectivity index (χ2v) is 6.84. The van der Waals surface area contributed by atoms with Crippen LogP contribution in [0.1, 0.15) is 39.0 Å². The Bertz CT molecular complexity index is 342. The molecule has 1 rings (SSSR count). The Morgan fingerprint density at radius 2 is 2.07 bits per heavy atom. The van der Waals surface area contributed by atoms with Crippen LogP contribution in [0.25, 0.3) is 0 Å². The van der Waals surface area contributed by atoms with E-state index in [-0.39, 0.29) is 5.92 Å². The van der Waals surface area contributed by atoms with Gasteiger partial charge in [0.2, 0.25) is 0 Å². The van der Waals surface area contributed by atoms with Gasteiger partial charge in [0.05, 0.1) is 17.2 Å². The summed E-state index contributed by atoms with van der Waals surface area (Å²) in [5.74, 6) is 0.215. The summed E-state index contributed by atoms with van der Waals surface area (Å²) in [6, 6.07) is 2.14. The van der Waals surface area contributed by atoms with Crippen LogP contribution >= 0.6 is 0 Å². The molecule has 0 aromatic heterocycles. The highest BCUT2D eigenvalue weighted by atomic mass is 32.2. The summed E-state index contributed by atoms with van der Waals surface area (Å²) in [5, 5.41) is 8.50. The minimum atomic E-state index is -3.06. The van der Waals surface area contributed by atoms with Crippen LogP contribution < -0.4 is 0 Å². The molecule has 3 nitrogen and oxygen atoms in total. The predicted molar refractivity (Wildman–Crippen MR) is 60.0 cm³/mol. The van der Waals surface area contributed by atoms with Crippen LogP contribution in [0, 0.1) is 23.2 Å². The quantitative estimate of drug-likeness (QED) is 0.745. The summed E-state index contributed by atoms with van der Waals surface area (Å²) in [5.41, 5.74) is 0. The lowest BCUT2D eigenvalue weighted by molar-refractivity contribution is 0.299. The minimum Gasteiger partial charge on any atom is -0.229 e. The maximum absolute atomic E-state index is 11.6. The molecule has 0 amide bonds. The molecular formula is C11H19NO2S. The van der Waals surface area contributed by atoms with E-state index in [4.69, 9.17) is 5.26 Å². The Morgan fingerprint density at radius 3 is 2.53 bits per heavy atom. The molecule has 86 valence electrons. The first-order valence-corrected chi connectivity index (χ1v) is 7.53. The van der Waals surface area contributed by atoms with E-state index in [1.807, 2.05) is 0 Å². The Labute approximate surface area is 92.4 Å². The first-order valence-electron chi connectivity index (χ1n) is 5.57. The van der Waals surface area contributed by atoms with Gasteiger partial charge in [-0.25, -0.2) is 8.42 Å². The molecule has 0 radical (unpaired) electrons. The zero-order valence-corrected chi connectivity index (χ0v) is 10.3. The lowest BCUT2D eigenvalue weighted by Crippen LogP contribution is -2.34. The van der Waals surface area contributed by atoms with Crippen LogP contribution in [0.3, 0.4) is 0 Å². The summed E-state index contributed by atoms with van der Waals surface area (Å²) < 4.78 is 23.1. The predicted octanol–water partition coefficient (Wildman–Crippen LogP) is 2.14. The monoisotopic (exact) mass is 229 g/mol. The molecule has 0 bridgehead atoms. The van der Waals surface area contributed by atoms with Gasteiger partial charge in [0.1, 0.15) is 0 Å². The molecule has 1 fully saturated rings. The zero-order chi connectivity index (χ0) is 11.5. The first kappa shape index (κ1) is 12.5. The third kappa shape index (κ3) is 3.20. The number of hydrogen-bond donors (Lipinski definition) is 0. The van der Waals surface area contributed by atoms with Crippen LogP contribution in [0.5, 0.6) is 0 Å². The lowest BCUT2D eigenvalue weighted by atomic mass is 9.80. The molecule has 0 aromatic carbocycles. The Kier molecular flexibility index (Phi) is 4.15. The molecule has 1 aliphatic rings. The number of sulfone groups is 1. The fourth-order valence-corrected chi connectivity index (χ4v) is 3.92. The molecule has 3 unspecified atom stereocenters. The van der Waals surface area contributed by atoms with Gasteiger partial charge in [-0.3, -0.25) is 0 Å². The molecule has 1 saturated carbocycles. The average Bonchev–Trinajstić information content (AvgIpc) is 2.17. The molecule has 0 saturated heterocycles.